The molecule has 84 valence electrons. The summed E-state index contributed by atoms with van der Waals surface area (Å²) in [6, 6.07) is 0.0210. The first-order chi connectivity index (χ1) is 6.74. The van der Waals surface area contributed by atoms with Crippen LogP contribution in [0.5, 0.6) is 0 Å². The summed E-state index contributed by atoms with van der Waals surface area (Å²) in [5, 5.41) is 2.77. The van der Waals surface area contributed by atoms with Crippen molar-refractivity contribution in [2.45, 2.75) is 33.8 Å². The van der Waals surface area contributed by atoms with E-state index in [1.54, 1.807) is 4.90 Å². The number of carbonyl (C=O) groups excluding carboxylic acids is 1. The Morgan fingerprint density at radius 3 is 2.71 bits per heavy atom. The second kappa shape index (κ2) is 7.62. The van der Waals surface area contributed by atoms with Gasteiger partial charge in [-0.15, -0.1) is 0 Å². The lowest BCUT2D eigenvalue weighted by Crippen LogP contribution is -2.48. The minimum Gasteiger partial charge on any atom is -0.375 e. The number of amides is 2. The largest absolute Gasteiger partial charge is 0.375 e. The van der Waals surface area contributed by atoms with Crippen LogP contribution in [0.15, 0.2) is 0 Å². The van der Waals surface area contributed by atoms with Crippen LogP contribution in [0, 0.1) is 0 Å². The van der Waals surface area contributed by atoms with Crippen LogP contribution in [0.3, 0.4) is 0 Å². The molecule has 1 heterocycles. The molecule has 1 unspecified atom stereocenters. The van der Waals surface area contributed by atoms with Crippen molar-refractivity contribution in [1.29, 1.82) is 0 Å². The molecule has 0 aliphatic carbocycles. The molecule has 1 N–H and O–H groups in total. The van der Waals surface area contributed by atoms with Crippen molar-refractivity contribution in [2.75, 3.05) is 26.2 Å². The molecule has 0 bridgehead atoms. The maximum Gasteiger partial charge on any atom is 0.317 e. The van der Waals surface area contributed by atoms with Crippen LogP contribution in [-0.4, -0.2) is 43.3 Å². The van der Waals surface area contributed by atoms with Crippen LogP contribution >= 0.6 is 0 Å². The third-order valence-electron chi connectivity index (χ3n) is 1.86. The maximum atomic E-state index is 11.3. The van der Waals surface area contributed by atoms with E-state index < -0.39 is 0 Å². The molecule has 2 amide bonds. The number of nitrogens with one attached hydrogen (secondary N) is 1. The van der Waals surface area contributed by atoms with Crippen LogP contribution in [0.2, 0.25) is 0 Å². The van der Waals surface area contributed by atoms with E-state index in [2.05, 4.69) is 5.32 Å². The Morgan fingerprint density at radius 1 is 1.57 bits per heavy atom. The third kappa shape index (κ3) is 4.46. The summed E-state index contributed by atoms with van der Waals surface area (Å²) < 4.78 is 5.31. The van der Waals surface area contributed by atoms with Gasteiger partial charge in [0.05, 0.1) is 12.7 Å². The molecule has 1 atom stereocenters. The lowest BCUT2D eigenvalue weighted by Gasteiger charge is -2.30. The average Bonchev–Trinajstić information content (AvgIpc) is 2.21. The number of carbonyl (C=O) groups is 1. The number of nitrogens with zero attached hydrogens (tertiary/aromatic N) is 1. The first-order valence-electron chi connectivity index (χ1n) is 5.38. The van der Waals surface area contributed by atoms with E-state index in [4.69, 9.17) is 4.74 Å². The van der Waals surface area contributed by atoms with Gasteiger partial charge in [-0.3, -0.25) is 0 Å². The van der Waals surface area contributed by atoms with Crippen molar-refractivity contribution >= 4 is 6.03 Å². The van der Waals surface area contributed by atoms with Gasteiger partial charge in [-0.05, 0) is 13.8 Å². The Kier molecular flexibility index (Phi) is 7.20. The molecular weight excluding hydrogens is 180 g/mol. The second-order valence-corrected chi connectivity index (χ2v) is 2.96. The van der Waals surface area contributed by atoms with Crippen molar-refractivity contribution in [1.82, 2.24) is 10.2 Å². The van der Waals surface area contributed by atoms with Gasteiger partial charge >= 0.3 is 6.03 Å². The second-order valence-electron chi connectivity index (χ2n) is 2.96. The minimum atomic E-state index is 0.0210. The lowest BCUT2D eigenvalue weighted by atomic mass is 10.3. The number of ether oxygens (including phenoxy) is 1. The summed E-state index contributed by atoms with van der Waals surface area (Å²) in [4.78, 5) is 13.1. The van der Waals surface area contributed by atoms with Gasteiger partial charge in [0.15, 0.2) is 0 Å². The first kappa shape index (κ1) is 13.2. The maximum absolute atomic E-state index is 11.3. The quantitative estimate of drug-likeness (QED) is 0.699. The number of hydrogen-bond donors (Lipinski definition) is 1. The lowest BCUT2D eigenvalue weighted by molar-refractivity contribution is -0.00338. The van der Waals surface area contributed by atoms with E-state index in [0.717, 1.165) is 0 Å². The monoisotopic (exact) mass is 202 g/mol. The first-order valence-corrected chi connectivity index (χ1v) is 5.38. The number of urea groups is 1. The molecule has 14 heavy (non-hydrogen) atoms. The van der Waals surface area contributed by atoms with Crippen LogP contribution in [0.4, 0.5) is 4.79 Å². The summed E-state index contributed by atoms with van der Waals surface area (Å²) in [5.41, 5.74) is 0. The molecule has 0 saturated carbocycles. The molecule has 0 radical (unpaired) electrons. The Hall–Kier alpha value is -0.770. The van der Waals surface area contributed by atoms with Crippen molar-refractivity contribution < 1.29 is 9.53 Å². The Labute approximate surface area is 86.6 Å². The molecule has 1 rings (SSSR count). The number of rotatable bonds is 1. The fourth-order valence-electron chi connectivity index (χ4n) is 1.27. The van der Waals surface area contributed by atoms with Gasteiger partial charge in [0.1, 0.15) is 0 Å². The average molecular weight is 202 g/mol. The smallest absolute Gasteiger partial charge is 0.317 e. The van der Waals surface area contributed by atoms with Crippen LogP contribution < -0.4 is 5.32 Å². The highest BCUT2D eigenvalue weighted by molar-refractivity contribution is 5.74. The highest BCUT2D eigenvalue weighted by atomic mass is 16.5. The fraction of sp³-hybridized carbons (Fsp3) is 0.900. The number of hydrogen-bond acceptors (Lipinski definition) is 2. The van der Waals surface area contributed by atoms with Crippen molar-refractivity contribution in [2.24, 2.45) is 0 Å². The Bertz CT molecular complexity index is 162. The SMILES string of the molecule is CC.CCNC(=O)N1CCOC(C)C1. The van der Waals surface area contributed by atoms with Gasteiger partial charge in [0.2, 0.25) is 0 Å². The molecule has 0 spiro atoms. The highest BCUT2D eigenvalue weighted by Crippen LogP contribution is 2.03. The molecule has 1 aliphatic rings. The molecule has 1 saturated heterocycles. The number of morpholine rings is 1. The summed E-state index contributed by atoms with van der Waals surface area (Å²) in [7, 11) is 0. The van der Waals surface area contributed by atoms with Gasteiger partial charge in [-0.2, -0.15) is 0 Å². The molecule has 4 nitrogen and oxygen atoms in total. The van der Waals surface area contributed by atoms with Crippen LogP contribution in [0.1, 0.15) is 27.7 Å². The molecule has 0 aromatic rings. The molecular formula is C10H22N2O2. The zero-order valence-electron chi connectivity index (χ0n) is 9.67. The standard InChI is InChI=1S/C8H16N2O2.C2H6/c1-3-9-8(11)10-4-5-12-7(2)6-10;1-2/h7H,3-6H2,1-2H3,(H,9,11);1-2H3. The van der Waals surface area contributed by atoms with E-state index >= 15 is 0 Å². The van der Waals surface area contributed by atoms with Gasteiger partial charge in [0.25, 0.3) is 0 Å². The topological polar surface area (TPSA) is 41.6 Å². The predicted molar refractivity (Wildman–Crippen MR) is 57.4 cm³/mol. The van der Waals surface area contributed by atoms with Crippen molar-refractivity contribution in [3.05, 3.63) is 0 Å². The Morgan fingerprint density at radius 2 is 2.21 bits per heavy atom. The van der Waals surface area contributed by atoms with Gasteiger partial charge < -0.3 is 15.0 Å². The molecule has 1 fully saturated rings. The van der Waals surface area contributed by atoms with Crippen LogP contribution in [0.25, 0.3) is 0 Å². The zero-order valence-corrected chi connectivity index (χ0v) is 9.67. The van der Waals surface area contributed by atoms with Crippen molar-refractivity contribution in [3.8, 4) is 0 Å². The fourth-order valence-corrected chi connectivity index (χ4v) is 1.27. The summed E-state index contributed by atoms with van der Waals surface area (Å²) in [6.45, 7) is 10.6. The normalized spacial score (nSPS) is 20.9. The molecule has 0 aromatic heterocycles. The minimum absolute atomic E-state index is 0.0210. The van der Waals surface area contributed by atoms with E-state index in [1.807, 2.05) is 27.7 Å². The zero-order chi connectivity index (χ0) is 11.0. The summed E-state index contributed by atoms with van der Waals surface area (Å²) >= 11 is 0. The third-order valence-corrected chi connectivity index (χ3v) is 1.86. The molecule has 4 heteroatoms. The molecule has 1 aliphatic heterocycles. The van der Waals surface area contributed by atoms with Crippen molar-refractivity contribution in [3.63, 3.8) is 0 Å². The van der Waals surface area contributed by atoms with E-state index in [-0.39, 0.29) is 12.1 Å². The van der Waals surface area contributed by atoms with Crippen LogP contribution in [-0.2, 0) is 4.74 Å². The summed E-state index contributed by atoms with van der Waals surface area (Å²) in [6.07, 6.45) is 0.168. The van der Waals surface area contributed by atoms with E-state index in [0.29, 0.717) is 26.2 Å². The predicted octanol–water partition coefficient (Wildman–Crippen LogP) is 1.46. The van der Waals surface area contributed by atoms with Gasteiger partial charge in [-0.25, -0.2) is 4.79 Å². The van der Waals surface area contributed by atoms with E-state index in [9.17, 15) is 4.79 Å². The van der Waals surface area contributed by atoms with Gasteiger partial charge in [0, 0.05) is 19.6 Å². The highest BCUT2D eigenvalue weighted by Gasteiger charge is 2.20. The summed E-state index contributed by atoms with van der Waals surface area (Å²) in [5.74, 6) is 0. The van der Waals surface area contributed by atoms with E-state index in [1.165, 1.54) is 0 Å². The Balaban J connectivity index is 0.000000791. The molecule has 0 aromatic carbocycles. The van der Waals surface area contributed by atoms with Gasteiger partial charge in [-0.1, -0.05) is 13.8 Å².